The number of aryl methyl sites for hydroxylation is 1. The topological polar surface area (TPSA) is 55.2 Å². The van der Waals surface area contributed by atoms with E-state index in [-0.39, 0.29) is 0 Å². The highest BCUT2D eigenvalue weighted by atomic mass is 32.2. The molecule has 1 aliphatic carbocycles. The van der Waals surface area contributed by atoms with Crippen LogP contribution in [0.25, 0.3) is 0 Å². The molecule has 6 heteroatoms. The van der Waals surface area contributed by atoms with E-state index in [9.17, 15) is 8.42 Å². The zero-order valence-electron chi connectivity index (χ0n) is 15.3. The van der Waals surface area contributed by atoms with Crippen molar-refractivity contribution < 1.29 is 8.42 Å². The first-order valence-corrected chi connectivity index (χ1v) is 11.1. The van der Waals surface area contributed by atoms with Crippen LogP contribution in [0.1, 0.15) is 36.3 Å². The Bertz CT molecular complexity index is 839. The van der Waals surface area contributed by atoms with Crippen LogP contribution in [0, 0.1) is 11.8 Å². The van der Waals surface area contributed by atoms with Crippen LogP contribution in [0.2, 0.25) is 0 Å². The summed E-state index contributed by atoms with van der Waals surface area (Å²) in [5.41, 5.74) is 2.55. The van der Waals surface area contributed by atoms with Crippen molar-refractivity contribution >= 4 is 10.0 Å². The molecule has 0 spiro atoms. The van der Waals surface area contributed by atoms with E-state index in [2.05, 4.69) is 29.4 Å². The molecule has 4 rings (SSSR count). The molecule has 1 aromatic heterocycles. The van der Waals surface area contributed by atoms with Crippen molar-refractivity contribution in [2.75, 3.05) is 18.8 Å². The lowest BCUT2D eigenvalue weighted by atomic mass is 9.93. The number of piperidine rings is 1. The van der Waals surface area contributed by atoms with Gasteiger partial charge in [-0.05, 0) is 54.6 Å². The summed E-state index contributed by atoms with van der Waals surface area (Å²) in [4.78, 5) is 0. The molecule has 0 radical (unpaired) electrons. The monoisotopic (exact) mass is 373 g/mol. The molecule has 1 aromatic carbocycles. The number of aromatic nitrogens is 2. The standard InChI is InChI=1S/C20H27N3O2S/c1-22-14-20(13-21-22)17-7-9-23(10-8-17)26(24,25)15-19-12-18(19)11-16-5-3-2-4-6-16/h2-6,13-14,17-19H,7-12,15H2,1H3. The lowest BCUT2D eigenvalue weighted by Crippen LogP contribution is -2.39. The molecule has 0 amide bonds. The minimum atomic E-state index is -3.13. The van der Waals surface area contributed by atoms with Gasteiger partial charge < -0.3 is 0 Å². The lowest BCUT2D eigenvalue weighted by molar-refractivity contribution is 0.318. The Labute approximate surface area is 156 Å². The lowest BCUT2D eigenvalue weighted by Gasteiger charge is -2.30. The number of benzene rings is 1. The molecule has 2 aliphatic rings. The third kappa shape index (κ3) is 4.01. The molecule has 140 valence electrons. The van der Waals surface area contributed by atoms with Crippen molar-refractivity contribution in [2.24, 2.45) is 18.9 Å². The summed E-state index contributed by atoms with van der Waals surface area (Å²) in [7, 11) is -1.21. The fourth-order valence-electron chi connectivity index (χ4n) is 4.18. The van der Waals surface area contributed by atoms with Gasteiger partial charge in [0.05, 0.1) is 11.9 Å². The van der Waals surface area contributed by atoms with E-state index < -0.39 is 10.0 Å². The van der Waals surface area contributed by atoms with Gasteiger partial charge in [0.1, 0.15) is 0 Å². The first-order chi connectivity index (χ1) is 12.5. The van der Waals surface area contributed by atoms with E-state index in [0.717, 1.165) is 25.7 Å². The zero-order chi connectivity index (χ0) is 18.1. The zero-order valence-corrected chi connectivity index (χ0v) is 16.1. The highest BCUT2D eigenvalue weighted by molar-refractivity contribution is 7.89. The van der Waals surface area contributed by atoms with Gasteiger partial charge in [0.15, 0.2) is 0 Å². The molecule has 1 saturated heterocycles. The molecule has 2 atom stereocenters. The predicted octanol–water partition coefficient (Wildman–Crippen LogP) is 2.81. The average Bonchev–Trinajstić information content (AvgIpc) is 3.18. The van der Waals surface area contributed by atoms with E-state index in [1.807, 2.05) is 30.2 Å². The molecule has 2 fully saturated rings. The van der Waals surface area contributed by atoms with Gasteiger partial charge in [-0.1, -0.05) is 30.3 Å². The predicted molar refractivity (Wildman–Crippen MR) is 102 cm³/mol. The molecule has 2 aromatic rings. The normalized spacial score (nSPS) is 24.7. The van der Waals surface area contributed by atoms with Crippen molar-refractivity contribution in [1.82, 2.24) is 14.1 Å². The van der Waals surface area contributed by atoms with Crippen LogP contribution in [-0.2, 0) is 23.5 Å². The fourth-order valence-corrected chi connectivity index (χ4v) is 6.10. The Kier molecular flexibility index (Phi) is 4.88. The smallest absolute Gasteiger partial charge is 0.214 e. The van der Waals surface area contributed by atoms with Crippen LogP contribution >= 0.6 is 0 Å². The summed E-state index contributed by atoms with van der Waals surface area (Å²) in [5, 5.41) is 4.23. The number of sulfonamides is 1. The largest absolute Gasteiger partial charge is 0.276 e. The molecular formula is C20H27N3O2S. The van der Waals surface area contributed by atoms with Crippen LogP contribution in [0.15, 0.2) is 42.7 Å². The Hall–Kier alpha value is -1.66. The van der Waals surface area contributed by atoms with Gasteiger partial charge in [-0.3, -0.25) is 4.68 Å². The maximum absolute atomic E-state index is 12.8. The van der Waals surface area contributed by atoms with Crippen LogP contribution in [0.5, 0.6) is 0 Å². The molecule has 2 heterocycles. The van der Waals surface area contributed by atoms with Crippen molar-refractivity contribution in [3.8, 4) is 0 Å². The van der Waals surface area contributed by atoms with Gasteiger partial charge in [-0.25, -0.2) is 12.7 Å². The van der Waals surface area contributed by atoms with Crippen molar-refractivity contribution in [3.63, 3.8) is 0 Å². The minimum Gasteiger partial charge on any atom is -0.276 e. The van der Waals surface area contributed by atoms with Gasteiger partial charge in [-0.2, -0.15) is 5.10 Å². The molecule has 0 bridgehead atoms. The summed E-state index contributed by atoms with van der Waals surface area (Å²) < 4.78 is 29.1. The quantitative estimate of drug-likeness (QED) is 0.782. The molecule has 2 unspecified atom stereocenters. The Balaban J connectivity index is 1.28. The van der Waals surface area contributed by atoms with Gasteiger partial charge in [0, 0.05) is 26.3 Å². The maximum Gasteiger partial charge on any atom is 0.214 e. The second-order valence-electron chi connectivity index (χ2n) is 7.84. The summed E-state index contributed by atoms with van der Waals surface area (Å²) in [6.07, 6.45) is 7.79. The maximum atomic E-state index is 12.8. The van der Waals surface area contributed by atoms with Gasteiger partial charge >= 0.3 is 0 Å². The Morgan fingerprint density at radius 1 is 1.12 bits per heavy atom. The van der Waals surface area contributed by atoms with E-state index in [1.165, 1.54) is 11.1 Å². The summed E-state index contributed by atoms with van der Waals surface area (Å²) in [5.74, 6) is 1.61. The second-order valence-corrected chi connectivity index (χ2v) is 9.86. The van der Waals surface area contributed by atoms with Crippen molar-refractivity contribution in [2.45, 2.75) is 31.6 Å². The van der Waals surface area contributed by atoms with Crippen LogP contribution in [0.4, 0.5) is 0 Å². The first kappa shape index (κ1) is 17.7. The first-order valence-electron chi connectivity index (χ1n) is 9.51. The van der Waals surface area contributed by atoms with E-state index in [1.54, 1.807) is 4.31 Å². The van der Waals surface area contributed by atoms with Gasteiger partial charge in [-0.15, -0.1) is 0 Å². The number of nitrogens with zero attached hydrogens (tertiary/aromatic N) is 3. The van der Waals surface area contributed by atoms with E-state index in [4.69, 9.17) is 0 Å². The highest BCUT2D eigenvalue weighted by Crippen LogP contribution is 2.42. The molecular weight excluding hydrogens is 346 g/mol. The third-order valence-electron chi connectivity index (χ3n) is 5.88. The molecule has 1 aliphatic heterocycles. The Morgan fingerprint density at radius 2 is 1.85 bits per heavy atom. The summed E-state index contributed by atoms with van der Waals surface area (Å²) in [6, 6.07) is 10.4. The fraction of sp³-hybridized carbons (Fsp3) is 0.550. The van der Waals surface area contributed by atoms with E-state index >= 15 is 0 Å². The summed E-state index contributed by atoms with van der Waals surface area (Å²) >= 11 is 0. The highest BCUT2D eigenvalue weighted by Gasteiger charge is 2.42. The summed E-state index contributed by atoms with van der Waals surface area (Å²) in [6.45, 7) is 1.27. The second kappa shape index (κ2) is 7.16. The van der Waals surface area contributed by atoms with Crippen LogP contribution < -0.4 is 0 Å². The van der Waals surface area contributed by atoms with Crippen LogP contribution in [0.3, 0.4) is 0 Å². The SMILES string of the molecule is Cn1cc(C2CCN(S(=O)(=O)CC3CC3Cc3ccccc3)CC2)cn1. The number of hydrogen-bond donors (Lipinski definition) is 0. The molecule has 1 saturated carbocycles. The third-order valence-corrected chi connectivity index (χ3v) is 7.88. The molecule has 26 heavy (non-hydrogen) atoms. The number of hydrogen-bond acceptors (Lipinski definition) is 3. The molecule has 0 N–H and O–H groups in total. The number of rotatable bonds is 6. The van der Waals surface area contributed by atoms with Crippen molar-refractivity contribution in [1.29, 1.82) is 0 Å². The minimum absolute atomic E-state index is 0.321. The van der Waals surface area contributed by atoms with Gasteiger partial charge in [0.2, 0.25) is 10.0 Å². The average molecular weight is 374 g/mol. The van der Waals surface area contributed by atoms with Gasteiger partial charge in [0.25, 0.3) is 0 Å². The molecule has 5 nitrogen and oxygen atoms in total. The Morgan fingerprint density at radius 3 is 2.50 bits per heavy atom. The van der Waals surface area contributed by atoms with E-state index in [0.29, 0.717) is 36.6 Å². The van der Waals surface area contributed by atoms with Crippen LogP contribution in [-0.4, -0.2) is 41.3 Å². The van der Waals surface area contributed by atoms with Crippen molar-refractivity contribution in [3.05, 3.63) is 53.9 Å².